The lowest BCUT2D eigenvalue weighted by Crippen LogP contribution is -2.36. The third kappa shape index (κ3) is 2.40. The molecule has 0 unspecified atom stereocenters. The number of amides is 1. The van der Waals surface area contributed by atoms with Crippen LogP contribution in [0.5, 0.6) is 11.8 Å². The van der Waals surface area contributed by atoms with Crippen LogP contribution >= 0.6 is 0 Å². The molecule has 8 heteroatoms. The molecule has 3 rings (SSSR count). The number of carbonyl (C=O) groups is 1. The van der Waals surface area contributed by atoms with Gasteiger partial charge in [0.25, 0.3) is 11.5 Å². The van der Waals surface area contributed by atoms with Crippen LogP contribution in [0.4, 0.5) is 0 Å². The minimum absolute atomic E-state index is 0.0616. The molecule has 2 heterocycles. The molecule has 3 N–H and O–H groups in total. The molecule has 0 bridgehead atoms. The van der Waals surface area contributed by atoms with Crippen LogP contribution in [0.1, 0.15) is 37.0 Å². The van der Waals surface area contributed by atoms with Crippen LogP contribution in [0, 0.1) is 5.92 Å². The summed E-state index contributed by atoms with van der Waals surface area (Å²) >= 11 is 0. The molecular weight excluding hydrogens is 288 g/mol. The molecule has 0 aromatic carbocycles. The summed E-state index contributed by atoms with van der Waals surface area (Å²) in [5.74, 6) is -1.35. The predicted octanol–water partition coefficient (Wildman–Crippen LogP) is 0.455. The SMILES string of the molecule is CC(C)Cn1c(=O)c(C(=O)NC2CC2)c(O)n2nc(O)cc12. The molecule has 1 aliphatic rings. The van der Waals surface area contributed by atoms with Crippen LogP contribution in [0.15, 0.2) is 10.9 Å². The van der Waals surface area contributed by atoms with Crippen molar-refractivity contribution < 1.29 is 15.0 Å². The van der Waals surface area contributed by atoms with Gasteiger partial charge in [-0.3, -0.25) is 14.2 Å². The van der Waals surface area contributed by atoms with E-state index in [1.165, 1.54) is 10.6 Å². The number of nitrogens with one attached hydrogen (secondary N) is 1. The van der Waals surface area contributed by atoms with E-state index in [0.29, 0.717) is 6.54 Å². The Morgan fingerprint density at radius 1 is 1.45 bits per heavy atom. The van der Waals surface area contributed by atoms with Gasteiger partial charge in [0.05, 0.1) is 0 Å². The summed E-state index contributed by atoms with van der Waals surface area (Å²) in [5, 5.41) is 26.2. The van der Waals surface area contributed by atoms with E-state index < -0.39 is 17.3 Å². The van der Waals surface area contributed by atoms with Crippen molar-refractivity contribution in [3.63, 3.8) is 0 Å². The van der Waals surface area contributed by atoms with E-state index in [0.717, 1.165) is 17.4 Å². The predicted molar refractivity (Wildman–Crippen MR) is 78.1 cm³/mol. The van der Waals surface area contributed by atoms with Crippen molar-refractivity contribution in [1.29, 1.82) is 0 Å². The van der Waals surface area contributed by atoms with Crippen LogP contribution in [0.25, 0.3) is 5.65 Å². The lowest BCUT2D eigenvalue weighted by atomic mass is 10.2. The summed E-state index contributed by atoms with van der Waals surface area (Å²) in [4.78, 5) is 24.8. The van der Waals surface area contributed by atoms with E-state index in [9.17, 15) is 19.8 Å². The van der Waals surface area contributed by atoms with Crippen molar-refractivity contribution in [1.82, 2.24) is 19.5 Å². The number of aromatic nitrogens is 3. The lowest BCUT2D eigenvalue weighted by molar-refractivity contribution is 0.0944. The van der Waals surface area contributed by atoms with Crippen molar-refractivity contribution in [3.8, 4) is 11.8 Å². The second-order valence-electron chi connectivity index (χ2n) is 6.03. The Morgan fingerprint density at radius 3 is 2.73 bits per heavy atom. The Kier molecular flexibility index (Phi) is 3.31. The third-order valence-corrected chi connectivity index (χ3v) is 3.52. The van der Waals surface area contributed by atoms with Gasteiger partial charge in [0.2, 0.25) is 11.8 Å². The van der Waals surface area contributed by atoms with E-state index in [2.05, 4.69) is 10.4 Å². The standard InChI is InChI=1S/C14H18N4O4/c1-7(2)6-17-10-5-9(19)16-18(10)14(22)11(13(17)21)12(20)15-8-3-4-8/h5,7-8,22H,3-4,6H2,1-2H3,(H,15,20)(H,16,19). The maximum Gasteiger partial charge on any atom is 0.270 e. The summed E-state index contributed by atoms with van der Waals surface area (Å²) < 4.78 is 2.36. The van der Waals surface area contributed by atoms with Gasteiger partial charge in [-0.15, -0.1) is 5.10 Å². The fourth-order valence-corrected chi connectivity index (χ4v) is 2.37. The van der Waals surface area contributed by atoms with Gasteiger partial charge in [0.15, 0.2) is 5.56 Å². The summed E-state index contributed by atoms with van der Waals surface area (Å²) in [7, 11) is 0. The van der Waals surface area contributed by atoms with Crippen molar-refractivity contribution in [3.05, 3.63) is 22.0 Å². The highest BCUT2D eigenvalue weighted by Gasteiger charge is 2.29. The average Bonchev–Trinajstić information content (AvgIpc) is 3.14. The molecule has 0 radical (unpaired) electrons. The molecule has 0 saturated heterocycles. The first-order valence-electron chi connectivity index (χ1n) is 7.24. The monoisotopic (exact) mass is 306 g/mol. The van der Waals surface area contributed by atoms with E-state index in [4.69, 9.17) is 0 Å². The molecule has 1 aliphatic carbocycles. The number of rotatable bonds is 4. The number of nitrogens with zero attached hydrogens (tertiary/aromatic N) is 3. The van der Waals surface area contributed by atoms with Crippen molar-refractivity contribution >= 4 is 11.6 Å². The first-order valence-corrected chi connectivity index (χ1v) is 7.24. The molecule has 1 fully saturated rings. The zero-order valence-corrected chi connectivity index (χ0v) is 12.4. The maximum absolute atomic E-state index is 12.6. The highest BCUT2D eigenvalue weighted by atomic mass is 16.3. The third-order valence-electron chi connectivity index (χ3n) is 3.52. The Hall–Kier alpha value is -2.51. The zero-order chi connectivity index (χ0) is 16.0. The van der Waals surface area contributed by atoms with Gasteiger partial charge in [-0.25, -0.2) is 0 Å². The maximum atomic E-state index is 12.6. The van der Waals surface area contributed by atoms with E-state index in [1.54, 1.807) is 0 Å². The molecule has 1 amide bonds. The van der Waals surface area contributed by atoms with Crippen molar-refractivity contribution in [2.75, 3.05) is 0 Å². The molecule has 1 saturated carbocycles. The normalized spacial score (nSPS) is 14.7. The molecule has 2 aromatic rings. The summed E-state index contributed by atoms with van der Waals surface area (Å²) in [6.45, 7) is 4.20. The zero-order valence-electron chi connectivity index (χ0n) is 12.4. The summed E-state index contributed by atoms with van der Waals surface area (Å²) in [6.07, 6.45) is 1.75. The number of hydrogen-bond acceptors (Lipinski definition) is 5. The highest BCUT2D eigenvalue weighted by Crippen LogP contribution is 2.23. The topological polar surface area (TPSA) is 109 Å². The Labute approximate surface area is 126 Å². The molecule has 22 heavy (non-hydrogen) atoms. The smallest absolute Gasteiger partial charge is 0.270 e. The highest BCUT2D eigenvalue weighted by molar-refractivity contribution is 5.96. The van der Waals surface area contributed by atoms with Crippen molar-refractivity contribution in [2.24, 2.45) is 5.92 Å². The van der Waals surface area contributed by atoms with Gasteiger partial charge in [0, 0.05) is 18.7 Å². The first-order chi connectivity index (χ1) is 10.4. The first kappa shape index (κ1) is 14.4. The van der Waals surface area contributed by atoms with Gasteiger partial charge in [-0.2, -0.15) is 4.52 Å². The molecular formula is C14H18N4O4. The molecule has 8 nitrogen and oxygen atoms in total. The van der Waals surface area contributed by atoms with E-state index >= 15 is 0 Å². The van der Waals surface area contributed by atoms with E-state index in [1.807, 2.05) is 13.8 Å². The Balaban J connectivity index is 2.22. The summed E-state index contributed by atoms with van der Waals surface area (Å²) in [5.41, 5.74) is -0.684. The number of hydrogen-bond donors (Lipinski definition) is 3. The quantitative estimate of drug-likeness (QED) is 0.760. The summed E-state index contributed by atoms with van der Waals surface area (Å²) in [6, 6.07) is 1.35. The van der Waals surface area contributed by atoms with Crippen LogP contribution in [0.3, 0.4) is 0 Å². The Morgan fingerprint density at radius 2 is 2.14 bits per heavy atom. The molecule has 0 spiro atoms. The Bertz CT molecular complexity index is 801. The second-order valence-corrected chi connectivity index (χ2v) is 6.03. The van der Waals surface area contributed by atoms with Crippen molar-refractivity contribution in [2.45, 2.75) is 39.3 Å². The molecule has 2 aromatic heterocycles. The van der Waals surface area contributed by atoms with Gasteiger partial charge in [-0.1, -0.05) is 13.8 Å². The van der Waals surface area contributed by atoms with Crippen LogP contribution < -0.4 is 10.9 Å². The fourth-order valence-electron chi connectivity index (χ4n) is 2.37. The number of carbonyl (C=O) groups excluding carboxylic acids is 1. The van der Waals surface area contributed by atoms with Gasteiger partial charge >= 0.3 is 0 Å². The van der Waals surface area contributed by atoms with Gasteiger partial charge in [0.1, 0.15) is 5.65 Å². The largest absolute Gasteiger partial charge is 0.492 e. The molecule has 118 valence electrons. The average molecular weight is 306 g/mol. The lowest BCUT2D eigenvalue weighted by Gasteiger charge is -2.14. The second kappa shape index (κ2) is 5.04. The minimum atomic E-state index is -0.612. The number of aromatic hydroxyl groups is 2. The molecule has 0 atom stereocenters. The van der Waals surface area contributed by atoms with Crippen LogP contribution in [-0.4, -0.2) is 36.3 Å². The van der Waals surface area contributed by atoms with Crippen LogP contribution in [-0.2, 0) is 6.54 Å². The fraction of sp³-hybridized carbons (Fsp3) is 0.500. The minimum Gasteiger partial charge on any atom is -0.492 e. The number of fused-ring (bicyclic) bond motifs is 1. The van der Waals surface area contributed by atoms with E-state index in [-0.39, 0.29) is 29.1 Å². The molecule has 0 aliphatic heterocycles. The van der Waals surface area contributed by atoms with Gasteiger partial charge < -0.3 is 15.5 Å². The van der Waals surface area contributed by atoms with Crippen LogP contribution in [0.2, 0.25) is 0 Å². The van der Waals surface area contributed by atoms with Gasteiger partial charge in [-0.05, 0) is 18.8 Å².